The molecule has 108 valence electrons. The molecule has 0 amide bonds. The molecule has 4 rings (SSSR count). The normalized spacial score (nSPS) is 18.6. The van der Waals surface area contributed by atoms with Gasteiger partial charge in [0.1, 0.15) is 6.10 Å². The second-order valence-corrected chi connectivity index (χ2v) is 6.15. The number of halogens is 1. The fourth-order valence-electron chi connectivity index (χ4n) is 2.71. The van der Waals surface area contributed by atoms with Crippen LogP contribution in [0.25, 0.3) is 10.9 Å². The topological polar surface area (TPSA) is 63.9 Å². The van der Waals surface area contributed by atoms with E-state index in [9.17, 15) is 0 Å². The maximum Gasteiger partial charge on any atom is 0.255 e. The molecule has 1 saturated heterocycles. The first-order valence-electron chi connectivity index (χ1n) is 6.99. The van der Waals surface area contributed by atoms with Crippen molar-refractivity contribution >= 4 is 26.8 Å². The summed E-state index contributed by atoms with van der Waals surface area (Å²) >= 11 is 3.51. The Bertz CT molecular complexity index is 774. The maximum absolute atomic E-state index is 5.56. The van der Waals surface area contributed by atoms with Crippen LogP contribution in [0.4, 0.5) is 0 Å². The number of hydrogen-bond acceptors (Lipinski definition) is 4. The average molecular weight is 348 g/mol. The Morgan fingerprint density at radius 3 is 3.19 bits per heavy atom. The molecule has 3 aromatic rings. The Hall–Kier alpha value is -1.66. The minimum atomic E-state index is -0.0247. The van der Waals surface area contributed by atoms with Crippen LogP contribution >= 0.6 is 15.9 Å². The Morgan fingerprint density at radius 1 is 1.38 bits per heavy atom. The molecule has 21 heavy (non-hydrogen) atoms. The van der Waals surface area contributed by atoms with E-state index in [2.05, 4.69) is 43.2 Å². The van der Waals surface area contributed by atoms with Gasteiger partial charge in [0, 0.05) is 34.6 Å². The Kier molecular flexibility index (Phi) is 3.27. The van der Waals surface area contributed by atoms with Crippen molar-refractivity contribution in [2.75, 3.05) is 6.61 Å². The van der Waals surface area contributed by atoms with Gasteiger partial charge in [-0.3, -0.25) is 0 Å². The second kappa shape index (κ2) is 5.27. The summed E-state index contributed by atoms with van der Waals surface area (Å²) in [5.74, 6) is 1.30. The first-order chi connectivity index (χ1) is 10.3. The van der Waals surface area contributed by atoms with Crippen molar-refractivity contribution in [3.05, 3.63) is 46.1 Å². The molecule has 0 radical (unpaired) electrons. The van der Waals surface area contributed by atoms with E-state index >= 15 is 0 Å². The quantitative estimate of drug-likeness (QED) is 0.783. The highest BCUT2D eigenvalue weighted by atomic mass is 79.9. The van der Waals surface area contributed by atoms with Gasteiger partial charge in [-0.2, -0.15) is 4.98 Å². The van der Waals surface area contributed by atoms with Crippen LogP contribution in [0.5, 0.6) is 0 Å². The first kappa shape index (κ1) is 13.0. The summed E-state index contributed by atoms with van der Waals surface area (Å²) in [5.41, 5.74) is 2.27. The highest BCUT2D eigenvalue weighted by Crippen LogP contribution is 2.28. The number of H-pyrrole nitrogens is 1. The zero-order valence-corrected chi connectivity index (χ0v) is 12.9. The lowest BCUT2D eigenvalue weighted by molar-refractivity contribution is 0.0835. The van der Waals surface area contributed by atoms with Crippen molar-refractivity contribution in [1.82, 2.24) is 15.1 Å². The SMILES string of the molecule is Brc1ccc2[nH]cc(Cc3noc([C@H]4CCCO4)n3)c2c1. The van der Waals surface area contributed by atoms with Crippen LogP contribution in [0.1, 0.15) is 36.2 Å². The number of rotatable bonds is 3. The third-order valence-corrected chi connectivity index (χ3v) is 4.26. The summed E-state index contributed by atoms with van der Waals surface area (Å²) in [5, 5.41) is 5.25. The lowest BCUT2D eigenvalue weighted by Crippen LogP contribution is -1.96. The number of ether oxygens (including phenoxy) is 1. The predicted molar refractivity (Wildman–Crippen MR) is 81.0 cm³/mol. The van der Waals surface area contributed by atoms with Gasteiger partial charge in [-0.15, -0.1) is 0 Å². The van der Waals surface area contributed by atoms with E-state index in [4.69, 9.17) is 9.26 Å². The molecule has 0 aliphatic carbocycles. The first-order valence-corrected chi connectivity index (χ1v) is 7.78. The van der Waals surface area contributed by atoms with Crippen LogP contribution in [0.15, 0.2) is 33.4 Å². The Balaban J connectivity index is 1.61. The molecule has 1 atom stereocenters. The highest BCUT2D eigenvalue weighted by molar-refractivity contribution is 9.10. The lowest BCUT2D eigenvalue weighted by atomic mass is 10.1. The molecule has 1 aliphatic rings. The summed E-state index contributed by atoms with van der Waals surface area (Å²) in [6.45, 7) is 0.777. The third-order valence-electron chi connectivity index (χ3n) is 3.77. The largest absolute Gasteiger partial charge is 0.368 e. The number of benzene rings is 1. The van der Waals surface area contributed by atoms with Crippen LogP contribution in [0.2, 0.25) is 0 Å². The van der Waals surface area contributed by atoms with Gasteiger partial charge in [-0.1, -0.05) is 21.1 Å². The van der Waals surface area contributed by atoms with Crippen molar-refractivity contribution in [1.29, 1.82) is 0 Å². The van der Waals surface area contributed by atoms with Crippen LogP contribution < -0.4 is 0 Å². The molecule has 0 spiro atoms. The fraction of sp³-hybridized carbons (Fsp3) is 0.333. The standard InChI is InChI=1S/C15H14BrN3O2/c16-10-3-4-12-11(7-10)9(8-17-12)6-14-18-15(21-19-14)13-2-1-5-20-13/h3-4,7-8,13,17H,1-2,5-6H2/t13-/m1/s1. The second-order valence-electron chi connectivity index (χ2n) is 5.23. The molecule has 0 bridgehead atoms. The summed E-state index contributed by atoms with van der Waals surface area (Å²) in [4.78, 5) is 7.73. The van der Waals surface area contributed by atoms with Gasteiger partial charge in [0.2, 0.25) is 0 Å². The number of nitrogens with one attached hydrogen (secondary N) is 1. The van der Waals surface area contributed by atoms with E-state index in [1.165, 1.54) is 5.39 Å². The number of aromatic amines is 1. The third kappa shape index (κ3) is 2.49. The summed E-state index contributed by atoms with van der Waals surface area (Å²) < 4.78 is 12.0. The zero-order valence-electron chi connectivity index (χ0n) is 11.3. The molecule has 0 saturated carbocycles. The summed E-state index contributed by atoms with van der Waals surface area (Å²) in [7, 11) is 0. The van der Waals surface area contributed by atoms with E-state index < -0.39 is 0 Å². The number of hydrogen-bond donors (Lipinski definition) is 1. The van der Waals surface area contributed by atoms with E-state index in [1.807, 2.05) is 12.3 Å². The molecule has 6 heteroatoms. The molecule has 1 aromatic carbocycles. The van der Waals surface area contributed by atoms with Gasteiger partial charge in [0.15, 0.2) is 5.82 Å². The van der Waals surface area contributed by atoms with E-state index in [0.717, 1.165) is 35.0 Å². The minimum Gasteiger partial charge on any atom is -0.368 e. The van der Waals surface area contributed by atoms with Crippen LogP contribution in [-0.2, 0) is 11.2 Å². The van der Waals surface area contributed by atoms with Gasteiger partial charge in [0.05, 0.1) is 0 Å². The fourth-order valence-corrected chi connectivity index (χ4v) is 3.07. The maximum atomic E-state index is 5.56. The van der Waals surface area contributed by atoms with E-state index in [0.29, 0.717) is 18.1 Å². The van der Waals surface area contributed by atoms with Crippen molar-refractivity contribution in [3.8, 4) is 0 Å². The van der Waals surface area contributed by atoms with Gasteiger partial charge >= 0.3 is 0 Å². The van der Waals surface area contributed by atoms with Crippen LogP contribution in [0.3, 0.4) is 0 Å². The molecule has 3 heterocycles. The molecular formula is C15H14BrN3O2. The average Bonchev–Trinajstić information content (AvgIpc) is 3.20. The smallest absolute Gasteiger partial charge is 0.255 e. The van der Waals surface area contributed by atoms with Gasteiger partial charge in [0.25, 0.3) is 5.89 Å². The zero-order chi connectivity index (χ0) is 14.2. The molecule has 1 fully saturated rings. The van der Waals surface area contributed by atoms with Gasteiger partial charge < -0.3 is 14.2 Å². The van der Waals surface area contributed by atoms with E-state index in [-0.39, 0.29) is 6.10 Å². The number of aromatic nitrogens is 3. The van der Waals surface area contributed by atoms with Crippen molar-refractivity contribution in [3.63, 3.8) is 0 Å². The molecule has 5 nitrogen and oxygen atoms in total. The minimum absolute atomic E-state index is 0.0247. The molecular weight excluding hydrogens is 334 g/mol. The lowest BCUT2D eigenvalue weighted by Gasteiger charge is -2.00. The van der Waals surface area contributed by atoms with Crippen molar-refractivity contribution < 1.29 is 9.26 Å². The van der Waals surface area contributed by atoms with Crippen molar-refractivity contribution in [2.45, 2.75) is 25.4 Å². The Morgan fingerprint density at radius 2 is 2.33 bits per heavy atom. The van der Waals surface area contributed by atoms with Gasteiger partial charge in [-0.05, 0) is 36.6 Å². The molecule has 1 aliphatic heterocycles. The molecule has 0 unspecified atom stereocenters. The van der Waals surface area contributed by atoms with Gasteiger partial charge in [-0.25, -0.2) is 0 Å². The monoisotopic (exact) mass is 347 g/mol. The Labute approximate surface area is 129 Å². The number of nitrogens with zero attached hydrogens (tertiary/aromatic N) is 2. The summed E-state index contributed by atoms with van der Waals surface area (Å²) in [6.07, 6.45) is 4.63. The summed E-state index contributed by atoms with van der Waals surface area (Å²) in [6, 6.07) is 6.17. The van der Waals surface area contributed by atoms with Crippen molar-refractivity contribution in [2.24, 2.45) is 0 Å². The molecule has 1 N–H and O–H groups in total. The highest BCUT2D eigenvalue weighted by Gasteiger charge is 2.24. The van der Waals surface area contributed by atoms with E-state index in [1.54, 1.807) is 0 Å². The molecule has 2 aromatic heterocycles. The predicted octanol–water partition coefficient (Wildman–Crippen LogP) is 3.76. The number of fused-ring (bicyclic) bond motifs is 1. The van der Waals surface area contributed by atoms with Crippen LogP contribution in [0, 0.1) is 0 Å². The van der Waals surface area contributed by atoms with Crippen LogP contribution in [-0.4, -0.2) is 21.7 Å².